The maximum atomic E-state index is 13.2. The summed E-state index contributed by atoms with van der Waals surface area (Å²) in [5.74, 6) is 0.590. The number of alkyl halides is 3. The third-order valence-electron chi connectivity index (χ3n) is 5.29. The summed E-state index contributed by atoms with van der Waals surface area (Å²) in [4.78, 5) is 18.7. The number of benzene rings is 2. The van der Waals surface area contributed by atoms with Gasteiger partial charge < -0.3 is 9.88 Å². The fourth-order valence-electron chi connectivity index (χ4n) is 3.82. The monoisotopic (exact) mass is 427 g/mol. The number of hydrogen-bond acceptors (Lipinski definition) is 3. The first-order valence-corrected chi connectivity index (χ1v) is 10.2. The summed E-state index contributed by atoms with van der Waals surface area (Å²) in [5.41, 5.74) is 2.77. The molecule has 0 aliphatic carbocycles. The van der Waals surface area contributed by atoms with Gasteiger partial charge in [-0.15, -0.1) is 11.3 Å². The van der Waals surface area contributed by atoms with Crippen LogP contribution in [0.15, 0.2) is 48.5 Å². The largest absolute Gasteiger partial charge is 0.416 e. The standard InChI is InChI=1S/C22H16F3N3OS/c1-12-5-6-13(22(23,24)25)11-15(12)17-7-8-18(30-17)20-27-16-4-2-3-14-19(16)28(20)10-9-26-21(14)29/h2-8,11H,9-10H2,1H3,(H,26,29). The lowest BCUT2D eigenvalue weighted by Gasteiger charge is -2.10. The lowest BCUT2D eigenvalue weighted by Crippen LogP contribution is -2.24. The molecule has 4 aromatic rings. The lowest BCUT2D eigenvalue weighted by molar-refractivity contribution is -0.137. The van der Waals surface area contributed by atoms with Crippen LogP contribution < -0.4 is 5.32 Å². The topological polar surface area (TPSA) is 46.9 Å². The molecule has 0 bridgehead atoms. The van der Waals surface area contributed by atoms with Gasteiger partial charge in [0.2, 0.25) is 0 Å². The van der Waals surface area contributed by atoms with Crippen molar-refractivity contribution < 1.29 is 18.0 Å². The number of nitrogens with one attached hydrogen (secondary N) is 1. The van der Waals surface area contributed by atoms with Crippen molar-refractivity contribution in [3.63, 3.8) is 0 Å². The van der Waals surface area contributed by atoms with Crippen molar-refractivity contribution >= 4 is 28.3 Å². The summed E-state index contributed by atoms with van der Waals surface area (Å²) in [5, 5.41) is 2.88. The Morgan fingerprint density at radius 3 is 2.67 bits per heavy atom. The number of thiophene rings is 1. The van der Waals surface area contributed by atoms with Crippen molar-refractivity contribution in [2.75, 3.05) is 6.54 Å². The van der Waals surface area contributed by atoms with Crippen LogP contribution in [0.5, 0.6) is 0 Å². The maximum absolute atomic E-state index is 13.2. The summed E-state index contributed by atoms with van der Waals surface area (Å²) < 4.78 is 41.5. The Bertz CT molecular complexity index is 1300. The van der Waals surface area contributed by atoms with Crippen LogP contribution in [0.3, 0.4) is 0 Å². The fraction of sp³-hybridized carbons (Fsp3) is 0.182. The van der Waals surface area contributed by atoms with E-state index in [0.717, 1.165) is 38.2 Å². The first-order chi connectivity index (χ1) is 14.3. The highest BCUT2D eigenvalue weighted by atomic mass is 32.1. The predicted molar refractivity (Wildman–Crippen MR) is 111 cm³/mol. The Balaban J connectivity index is 1.64. The molecular formula is C22H16F3N3OS. The normalized spacial score (nSPS) is 14.1. The lowest BCUT2D eigenvalue weighted by atomic mass is 10.0. The number of aromatic nitrogens is 2. The van der Waals surface area contributed by atoms with Crippen molar-refractivity contribution in [1.82, 2.24) is 14.9 Å². The van der Waals surface area contributed by atoms with Gasteiger partial charge in [0.15, 0.2) is 5.82 Å². The van der Waals surface area contributed by atoms with Crippen LogP contribution in [-0.2, 0) is 12.7 Å². The van der Waals surface area contributed by atoms with Gasteiger partial charge in [-0.25, -0.2) is 4.98 Å². The van der Waals surface area contributed by atoms with Crippen LogP contribution in [0.4, 0.5) is 13.2 Å². The van der Waals surface area contributed by atoms with Crippen LogP contribution in [0.25, 0.3) is 32.2 Å². The molecule has 0 atom stereocenters. The molecule has 2 aromatic carbocycles. The average Bonchev–Trinajstić information content (AvgIpc) is 3.28. The number of nitrogens with zero attached hydrogens (tertiary/aromatic N) is 2. The van der Waals surface area contributed by atoms with E-state index >= 15 is 0 Å². The smallest absolute Gasteiger partial charge is 0.350 e. The van der Waals surface area contributed by atoms with Crippen molar-refractivity contribution in [3.8, 4) is 21.1 Å². The summed E-state index contributed by atoms with van der Waals surface area (Å²) in [7, 11) is 0. The predicted octanol–water partition coefficient (Wildman–Crippen LogP) is 5.50. The molecular weight excluding hydrogens is 411 g/mol. The van der Waals surface area contributed by atoms with Gasteiger partial charge in [0, 0.05) is 18.0 Å². The zero-order valence-electron chi connectivity index (χ0n) is 15.9. The number of aryl methyl sites for hydroxylation is 1. The van der Waals surface area contributed by atoms with Crippen LogP contribution in [-0.4, -0.2) is 22.0 Å². The molecule has 3 heterocycles. The fourth-order valence-corrected chi connectivity index (χ4v) is 4.90. The van der Waals surface area contributed by atoms with E-state index in [1.54, 1.807) is 19.1 Å². The Morgan fingerprint density at radius 1 is 1.07 bits per heavy atom. The number of para-hydroxylation sites is 1. The van der Waals surface area contributed by atoms with Gasteiger partial charge in [-0.1, -0.05) is 12.1 Å². The molecule has 1 amide bonds. The Labute approximate surface area is 174 Å². The van der Waals surface area contributed by atoms with Crippen molar-refractivity contribution in [2.24, 2.45) is 0 Å². The minimum Gasteiger partial charge on any atom is -0.350 e. The number of carbonyl (C=O) groups is 1. The second kappa shape index (κ2) is 6.70. The molecule has 0 fully saturated rings. The van der Waals surface area contributed by atoms with E-state index in [9.17, 15) is 18.0 Å². The Kier molecular flexibility index (Phi) is 4.21. The van der Waals surface area contributed by atoms with Crippen molar-refractivity contribution in [1.29, 1.82) is 0 Å². The van der Waals surface area contributed by atoms with E-state index in [4.69, 9.17) is 4.98 Å². The summed E-state index contributed by atoms with van der Waals surface area (Å²) in [6.07, 6.45) is -4.39. The first-order valence-electron chi connectivity index (χ1n) is 9.39. The molecule has 1 aliphatic heterocycles. The number of hydrogen-bond donors (Lipinski definition) is 1. The van der Waals surface area contributed by atoms with Gasteiger partial charge in [-0.05, 0) is 54.4 Å². The third-order valence-corrected chi connectivity index (χ3v) is 6.40. The highest BCUT2D eigenvalue weighted by molar-refractivity contribution is 7.18. The van der Waals surface area contributed by atoms with Gasteiger partial charge in [0.25, 0.3) is 5.91 Å². The molecule has 0 saturated heterocycles. The number of rotatable bonds is 2. The number of imidazole rings is 1. The van der Waals surface area contributed by atoms with Gasteiger partial charge in [0.1, 0.15) is 0 Å². The molecule has 30 heavy (non-hydrogen) atoms. The Morgan fingerprint density at radius 2 is 1.87 bits per heavy atom. The zero-order chi connectivity index (χ0) is 21.0. The summed E-state index contributed by atoms with van der Waals surface area (Å²) >= 11 is 1.40. The van der Waals surface area contributed by atoms with E-state index in [1.165, 1.54) is 23.5 Å². The highest BCUT2D eigenvalue weighted by Crippen LogP contribution is 2.39. The minimum absolute atomic E-state index is 0.128. The first kappa shape index (κ1) is 18.9. The molecule has 0 saturated carbocycles. The van der Waals surface area contributed by atoms with Crippen LogP contribution >= 0.6 is 11.3 Å². The van der Waals surface area contributed by atoms with E-state index in [-0.39, 0.29) is 5.91 Å². The van der Waals surface area contributed by atoms with Gasteiger partial charge >= 0.3 is 6.18 Å². The van der Waals surface area contributed by atoms with E-state index < -0.39 is 11.7 Å². The molecule has 152 valence electrons. The van der Waals surface area contributed by atoms with E-state index in [2.05, 4.69) is 5.32 Å². The minimum atomic E-state index is -4.39. The molecule has 0 radical (unpaired) electrons. The quantitative estimate of drug-likeness (QED) is 0.459. The number of amides is 1. The molecule has 1 aliphatic rings. The molecule has 0 spiro atoms. The molecule has 2 aromatic heterocycles. The Hall–Kier alpha value is -3.13. The molecule has 5 rings (SSSR count). The third kappa shape index (κ3) is 2.99. The van der Waals surface area contributed by atoms with Gasteiger partial charge in [-0.3, -0.25) is 4.79 Å². The van der Waals surface area contributed by atoms with Crippen LogP contribution in [0, 0.1) is 6.92 Å². The average molecular weight is 427 g/mol. The summed E-state index contributed by atoms with van der Waals surface area (Å²) in [6.45, 7) is 2.86. The van der Waals surface area contributed by atoms with Crippen molar-refractivity contribution in [2.45, 2.75) is 19.6 Å². The van der Waals surface area contributed by atoms with E-state index in [1.807, 2.05) is 22.8 Å². The molecule has 8 heteroatoms. The van der Waals surface area contributed by atoms with Crippen molar-refractivity contribution in [3.05, 3.63) is 65.2 Å². The second-order valence-electron chi connectivity index (χ2n) is 7.21. The number of carbonyl (C=O) groups excluding carboxylic acids is 1. The molecule has 1 N–H and O–H groups in total. The maximum Gasteiger partial charge on any atom is 0.416 e. The van der Waals surface area contributed by atoms with Crippen LogP contribution in [0.1, 0.15) is 21.5 Å². The zero-order valence-corrected chi connectivity index (χ0v) is 16.7. The van der Waals surface area contributed by atoms with Gasteiger partial charge in [-0.2, -0.15) is 13.2 Å². The molecule has 0 unspecified atom stereocenters. The SMILES string of the molecule is Cc1ccc(C(F)(F)F)cc1-c1ccc(-c2nc3cccc4c3n2CCNC4=O)s1. The van der Waals surface area contributed by atoms with Crippen LogP contribution in [0.2, 0.25) is 0 Å². The summed E-state index contributed by atoms with van der Waals surface area (Å²) in [6, 6.07) is 12.9. The van der Waals surface area contributed by atoms with Gasteiger partial charge in [0.05, 0.1) is 27.0 Å². The molecule has 4 nitrogen and oxygen atoms in total. The second-order valence-corrected chi connectivity index (χ2v) is 8.29. The van der Waals surface area contributed by atoms with E-state index in [0.29, 0.717) is 24.2 Å². The number of halogens is 3. The highest BCUT2D eigenvalue weighted by Gasteiger charge is 2.31.